The second kappa shape index (κ2) is 7.49. The number of carbonyl (C=O) groups excluding carboxylic acids is 1. The van der Waals surface area contributed by atoms with Crippen molar-refractivity contribution >= 4 is 33.4 Å². The van der Waals surface area contributed by atoms with Gasteiger partial charge in [0, 0.05) is 11.0 Å². The molecule has 1 aromatic carbocycles. The highest BCUT2D eigenvalue weighted by Crippen LogP contribution is 2.23. The Morgan fingerprint density at radius 3 is 2.48 bits per heavy atom. The van der Waals surface area contributed by atoms with Gasteiger partial charge in [0.15, 0.2) is 0 Å². The van der Waals surface area contributed by atoms with E-state index in [1.54, 1.807) is 4.68 Å². The van der Waals surface area contributed by atoms with Gasteiger partial charge in [-0.15, -0.1) is 0 Å². The summed E-state index contributed by atoms with van der Waals surface area (Å²) < 4.78 is 2.70. The van der Waals surface area contributed by atoms with Crippen molar-refractivity contribution in [1.29, 1.82) is 0 Å². The van der Waals surface area contributed by atoms with Crippen LogP contribution in [0, 0.1) is 12.8 Å². The molecule has 0 saturated heterocycles. The Morgan fingerprint density at radius 2 is 1.91 bits per heavy atom. The Balaban J connectivity index is 2.17. The maximum absolute atomic E-state index is 12.6. The molecule has 1 atom stereocenters. The molecule has 1 heterocycles. The molecule has 1 amide bonds. The van der Waals surface area contributed by atoms with E-state index >= 15 is 0 Å². The maximum Gasteiger partial charge on any atom is 0.256 e. The minimum atomic E-state index is -0.196. The van der Waals surface area contributed by atoms with E-state index in [4.69, 9.17) is 11.6 Å². The fourth-order valence-electron chi connectivity index (χ4n) is 2.38. The number of carbonyl (C=O) groups is 1. The molecule has 124 valence electrons. The third-order valence-electron chi connectivity index (χ3n) is 3.55. The molecule has 0 bridgehead atoms. The smallest absolute Gasteiger partial charge is 0.256 e. The molecule has 23 heavy (non-hydrogen) atoms. The summed E-state index contributed by atoms with van der Waals surface area (Å²) in [5.41, 5.74) is 2.14. The Kier molecular flexibility index (Phi) is 5.87. The van der Waals surface area contributed by atoms with Crippen LogP contribution in [-0.2, 0) is 6.54 Å². The molecule has 0 radical (unpaired) electrons. The normalized spacial score (nSPS) is 12.5. The maximum atomic E-state index is 12.6. The lowest BCUT2D eigenvalue weighted by molar-refractivity contribution is 0.0939. The molecule has 0 aliphatic carbocycles. The highest BCUT2D eigenvalue weighted by molar-refractivity contribution is 9.10. The van der Waals surface area contributed by atoms with Crippen LogP contribution in [0.5, 0.6) is 0 Å². The van der Waals surface area contributed by atoms with E-state index in [0.29, 0.717) is 28.9 Å². The molecule has 0 aliphatic heterocycles. The first-order valence-corrected chi connectivity index (χ1v) is 8.76. The highest BCUT2D eigenvalue weighted by atomic mass is 79.9. The number of halogens is 2. The second-order valence-corrected chi connectivity index (χ2v) is 7.35. The van der Waals surface area contributed by atoms with E-state index in [9.17, 15) is 4.79 Å². The molecule has 1 aromatic heterocycles. The molecule has 2 rings (SSSR count). The number of nitrogens with zero attached hydrogens (tertiary/aromatic N) is 2. The van der Waals surface area contributed by atoms with Gasteiger partial charge in [-0.3, -0.25) is 9.48 Å². The van der Waals surface area contributed by atoms with E-state index < -0.39 is 0 Å². The van der Waals surface area contributed by atoms with E-state index in [0.717, 1.165) is 10.0 Å². The average molecular weight is 399 g/mol. The van der Waals surface area contributed by atoms with Gasteiger partial charge in [0.2, 0.25) is 0 Å². The third kappa shape index (κ3) is 4.36. The monoisotopic (exact) mass is 397 g/mol. The number of nitrogens with one attached hydrogen (secondary N) is 1. The quantitative estimate of drug-likeness (QED) is 0.789. The van der Waals surface area contributed by atoms with Crippen LogP contribution in [-0.4, -0.2) is 15.7 Å². The number of hydrogen-bond donors (Lipinski definition) is 1. The molecule has 2 aromatic rings. The van der Waals surface area contributed by atoms with Crippen LogP contribution in [0.1, 0.15) is 48.4 Å². The van der Waals surface area contributed by atoms with Crippen molar-refractivity contribution in [2.75, 3.05) is 0 Å². The SMILES string of the molecule is Cc1nn(CC(C)C)c(Cl)c1C(=O)N[C@H](C)c1ccc(Br)cc1. The van der Waals surface area contributed by atoms with Gasteiger partial charge in [-0.2, -0.15) is 5.10 Å². The van der Waals surface area contributed by atoms with Gasteiger partial charge in [0.05, 0.1) is 17.3 Å². The van der Waals surface area contributed by atoms with Crippen molar-refractivity contribution in [2.45, 2.75) is 40.3 Å². The van der Waals surface area contributed by atoms with Gasteiger partial charge >= 0.3 is 0 Å². The summed E-state index contributed by atoms with van der Waals surface area (Å²) in [6, 6.07) is 7.75. The van der Waals surface area contributed by atoms with Crippen LogP contribution in [0.2, 0.25) is 5.15 Å². The number of hydrogen-bond acceptors (Lipinski definition) is 2. The van der Waals surface area contributed by atoms with Gasteiger partial charge in [0.25, 0.3) is 5.91 Å². The van der Waals surface area contributed by atoms with Gasteiger partial charge in [0.1, 0.15) is 5.15 Å². The van der Waals surface area contributed by atoms with Crippen molar-refractivity contribution in [2.24, 2.45) is 5.92 Å². The van der Waals surface area contributed by atoms with Crippen LogP contribution in [0.25, 0.3) is 0 Å². The van der Waals surface area contributed by atoms with Crippen molar-refractivity contribution in [3.05, 3.63) is 50.7 Å². The lowest BCUT2D eigenvalue weighted by atomic mass is 10.1. The van der Waals surface area contributed by atoms with Crippen molar-refractivity contribution < 1.29 is 4.79 Å². The predicted octanol–water partition coefficient (Wildman–Crippen LogP) is 4.75. The average Bonchev–Trinajstić information content (AvgIpc) is 2.73. The zero-order valence-corrected chi connectivity index (χ0v) is 16.1. The summed E-state index contributed by atoms with van der Waals surface area (Å²) in [5, 5.41) is 7.77. The third-order valence-corrected chi connectivity index (χ3v) is 4.46. The molecule has 0 fully saturated rings. The summed E-state index contributed by atoms with van der Waals surface area (Å²) >= 11 is 9.76. The van der Waals surface area contributed by atoms with E-state index in [2.05, 4.69) is 40.2 Å². The fraction of sp³-hybridized carbons (Fsp3) is 0.412. The van der Waals surface area contributed by atoms with Crippen molar-refractivity contribution in [3.63, 3.8) is 0 Å². The standard InChI is InChI=1S/C17H21BrClN3O/c1-10(2)9-22-16(19)15(12(4)21-22)17(23)20-11(3)13-5-7-14(18)8-6-13/h5-8,10-11H,9H2,1-4H3,(H,20,23)/t11-/m1/s1. The summed E-state index contributed by atoms with van der Waals surface area (Å²) in [7, 11) is 0. The molecule has 6 heteroatoms. The molecule has 0 saturated carbocycles. The molecular formula is C17H21BrClN3O. The predicted molar refractivity (Wildman–Crippen MR) is 96.8 cm³/mol. The summed E-state index contributed by atoms with van der Waals surface area (Å²) in [6.45, 7) is 8.62. The van der Waals surface area contributed by atoms with Gasteiger partial charge in [-0.25, -0.2) is 0 Å². The number of benzene rings is 1. The van der Waals surface area contributed by atoms with E-state index in [1.165, 1.54) is 0 Å². The number of rotatable bonds is 5. The van der Waals surface area contributed by atoms with Gasteiger partial charge in [-0.1, -0.05) is 53.5 Å². The molecule has 0 aliphatic rings. The Labute approximate surface area is 150 Å². The first-order valence-electron chi connectivity index (χ1n) is 7.58. The van der Waals surface area contributed by atoms with Gasteiger partial charge in [-0.05, 0) is 37.5 Å². The van der Waals surface area contributed by atoms with Crippen LogP contribution in [0.15, 0.2) is 28.7 Å². The minimum absolute atomic E-state index is 0.112. The van der Waals surface area contributed by atoms with E-state index in [-0.39, 0.29) is 11.9 Å². The Bertz CT molecular complexity index is 695. The number of aryl methyl sites for hydroxylation is 1. The lowest BCUT2D eigenvalue weighted by Crippen LogP contribution is -2.27. The summed E-state index contributed by atoms with van der Waals surface area (Å²) in [6.07, 6.45) is 0. The van der Waals surface area contributed by atoms with Crippen LogP contribution in [0.4, 0.5) is 0 Å². The molecule has 4 nitrogen and oxygen atoms in total. The fourth-order valence-corrected chi connectivity index (χ4v) is 2.98. The molecule has 0 spiro atoms. The van der Waals surface area contributed by atoms with Crippen molar-refractivity contribution in [1.82, 2.24) is 15.1 Å². The zero-order valence-electron chi connectivity index (χ0n) is 13.7. The lowest BCUT2D eigenvalue weighted by Gasteiger charge is -2.14. The number of aromatic nitrogens is 2. The van der Waals surface area contributed by atoms with Crippen LogP contribution < -0.4 is 5.32 Å². The zero-order chi connectivity index (χ0) is 17.1. The first kappa shape index (κ1) is 18.0. The van der Waals surface area contributed by atoms with Gasteiger partial charge < -0.3 is 5.32 Å². The topological polar surface area (TPSA) is 46.9 Å². The summed E-state index contributed by atoms with van der Waals surface area (Å²) in [4.78, 5) is 12.6. The number of amides is 1. The summed E-state index contributed by atoms with van der Waals surface area (Å²) in [5.74, 6) is 0.210. The molecular weight excluding hydrogens is 378 g/mol. The first-order chi connectivity index (χ1) is 10.8. The van der Waals surface area contributed by atoms with Crippen LogP contribution in [0.3, 0.4) is 0 Å². The van der Waals surface area contributed by atoms with Crippen LogP contribution >= 0.6 is 27.5 Å². The van der Waals surface area contributed by atoms with E-state index in [1.807, 2.05) is 38.1 Å². The Morgan fingerprint density at radius 1 is 1.30 bits per heavy atom. The molecule has 0 unspecified atom stereocenters. The minimum Gasteiger partial charge on any atom is -0.345 e. The largest absolute Gasteiger partial charge is 0.345 e. The van der Waals surface area contributed by atoms with Crippen molar-refractivity contribution in [3.8, 4) is 0 Å². The Hall–Kier alpha value is -1.33. The second-order valence-electron chi connectivity index (χ2n) is 6.07. The highest BCUT2D eigenvalue weighted by Gasteiger charge is 2.22. The molecule has 1 N–H and O–H groups in total.